The Kier molecular flexibility index (Phi) is 2.33. The molecule has 0 amide bonds. The second kappa shape index (κ2) is 3.49. The van der Waals surface area contributed by atoms with Crippen LogP contribution in [0.15, 0.2) is 27.3 Å². The SMILES string of the molecule is Cc1ncc(-c2cc(Br)cnc2F)o1. The highest BCUT2D eigenvalue weighted by molar-refractivity contribution is 9.10. The fourth-order valence-electron chi connectivity index (χ4n) is 1.08. The van der Waals surface area contributed by atoms with Crippen LogP contribution in [0.1, 0.15) is 5.89 Å². The van der Waals surface area contributed by atoms with Gasteiger partial charge in [-0.05, 0) is 22.0 Å². The molecule has 5 heteroatoms. The van der Waals surface area contributed by atoms with E-state index in [4.69, 9.17) is 4.42 Å². The molecule has 0 aromatic carbocycles. The Bertz CT molecular complexity index is 470. The van der Waals surface area contributed by atoms with Gasteiger partial charge in [0.1, 0.15) is 0 Å². The van der Waals surface area contributed by atoms with Gasteiger partial charge in [0.15, 0.2) is 11.7 Å². The molecule has 0 unspecified atom stereocenters. The minimum atomic E-state index is -0.565. The summed E-state index contributed by atoms with van der Waals surface area (Å²) in [6, 6.07) is 1.60. The topological polar surface area (TPSA) is 38.9 Å². The highest BCUT2D eigenvalue weighted by Gasteiger charge is 2.10. The van der Waals surface area contributed by atoms with Gasteiger partial charge in [-0.2, -0.15) is 4.39 Å². The molecule has 0 fully saturated rings. The normalized spacial score (nSPS) is 10.5. The Morgan fingerprint density at radius 2 is 2.14 bits per heavy atom. The van der Waals surface area contributed by atoms with Crippen molar-refractivity contribution in [1.29, 1.82) is 0 Å². The molecule has 3 nitrogen and oxygen atoms in total. The molecule has 0 spiro atoms. The first kappa shape index (κ1) is 9.33. The van der Waals surface area contributed by atoms with Crippen LogP contribution < -0.4 is 0 Å². The van der Waals surface area contributed by atoms with Crippen LogP contribution in [0.4, 0.5) is 4.39 Å². The first-order chi connectivity index (χ1) is 6.66. The number of pyridine rings is 1. The van der Waals surface area contributed by atoms with Crippen LogP contribution in [0.2, 0.25) is 0 Å². The number of rotatable bonds is 1. The van der Waals surface area contributed by atoms with E-state index in [9.17, 15) is 4.39 Å². The lowest BCUT2D eigenvalue weighted by atomic mass is 10.2. The summed E-state index contributed by atoms with van der Waals surface area (Å²) < 4.78 is 19.1. The van der Waals surface area contributed by atoms with Gasteiger partial charge in [0.05, 0.1) is 11.8 Å². The van der Waals surface area contributed by atoms with Gasteiger partial charge in [0, 0.05) is 17.6 Å². The molecule has 72 valence electrons. The lowest BCUT2D eigenvalue weighted by Gasteiger charge is -1.97. The van der Waals surface area contributed by atoms with Gasteiger partial charge in [-0.25, -0.2) is 9.97 Å². The number of oxazole rings is 1. The first-order valence-electron chi connectivity index (χ1n) is 3.90. The van der Waals surface area contributed by atoms with E-state index in [1.54, 1.807) is 13.0 Å². The summed E-state index contributed by atoms with van der Waals surface area (Å²) in [5, 5.41) is 0. The molecule has 0 atom stereocenters. The van der Waals surface area contributed by atoms with E-state index in [0.29, 0.717) is 21.7 Å². The zero-order valence-corrected chi connectivity index (χ0v) is 8.88. The van der Waals surface area contributed by atoms with Gasteiger partial charge in [-0.3, -0.25) is 0 Å². The minimum absolute atomic E-state index is 0.306. The van der Waals surface area contributed by atoms with Gasteiger partial charge in [-0.15, -0.1) is 0 Å². The van der Waals surface area contributed by atoms with E-state index >= 15 is 0 Å². The Morgan fingerprint density at radius 3 is 2.79 bits per heavy atom. The summed E-state index contributed by atoms with van der Waals surface area (Å²) >= 11 is 3.21. The summed E-state index contributed by atoms with van der Waals surface area (Å²) in [7, 11) is 0. The maximum Gasteiger partial charge on any atom is 0.224 e. The smallest absolute Gasteiger partial charge is 0.224 e. The fourth-order valence-corrected chi connectivity index (χ4v) is 1.41. The molecule has 2 heterocycles. The number of hydrogen-bond donors (Lipinski definition) is 0. The second-order valence-electron chi connectivity index (χ2n) is 2.74. The maximum atomic E-state index is 13.2. The standard InChI is InChI=1S/C9H6BrFN2O/c1-5-12-4-8(14-5)7-2-6(10)3-13-9(7)11/h2-4H,1H3. The van der Waals surface area contributed by atoms with Gasteiger partial charge >= 0.3 is 0 Å². The third kappa shape index (κ3) is 1.68. The molecular weight excluding hydrogens is 251 g/mol. The summed E-state index contributed by atoms with van der Waals surface area (Å²) in [6.07, 6.45) is 2.87. The van der Waals surface area contributed by atoms with Crippen LogP contribution in [0.25, 0.3) is 11.3 Å². The average Bonchev–Trinajstić information content (AvgIpc) is 2.56. The Hall–Kier alpha value is -1.23. The van der Waals surface area contributed by atoms with Crippen LogP contribution in [0.5, 0.6) is 0 Å². The molecule has 0 N–H and O–H groups in total. The lowest BCUT2D eigenvalue weighted by molar-refractivity contribution is 0.523. The number of aromatic nitrogens is 2. The van der Waals surface area contributed by atoms with Crippen molar-refractivity contribution in [2.75, 3.05) is 0 Å². The van der Waals surface area contributed by atoms with Crippen molar-refractivity contribution >= 4 is 15.9 Å². The van der Waals surface area contributed by atoms with Crippen LogP contribution >= 0.6 is 15.9 Å². The van der Waals surface area contributed by atoms with Crippen LogP contribution in [0.3, 0.4) is 0 Å². The average molecular weight is 257 g/mol. The Labute approximate surface area is 88.1 Å². The fraction of sp³-hybridized carbons (Fsp3) is 0.111. The van der Waals surface area contributed by atoms with Gasteiger partial charge in [0.2, 0.25) is 5.95 Å². The van der Waals surface area contributed by atoms with E-state index in [2.05, 4.69) is 25.9 Å². The molecular formula is C9H6BrFN2O. The zero-order valence-electron chi connectivity index (χ0n) is 7.29. The number of aryl methyl sites for hydroxylation is 1. The van der Waals surface area contributed by atoms with Crippen molar-refractivity contribution in [2.24, 2.45) is 0 Å². The van der Waals surface area contributed by atoms with Crippen molar-refractivity contribution in [3.05, 3.63) is 34.8 Å². The van der Waals surface area contributed by atoms with Crippen molar-refractivity contribution in [1.82, 2.24) is 9.97 Å². The zero-order chi connectivity index (χ0) is 10.1. The third-order valence-corrected chi connectivity index (χ3v) is 2.13. The minimum Gasteiger partial charge on any atom is -0.441 e. The summed E-state index contributed by atoms with van der Waals surface area (Å²) in [6.45, 7) is 1.70. The van der Waals surface area contributed by atoms with Crippen molar-refractivity contribution < 1.29 is 8.81 Å². The second-order valence-corrected chi connectivity index (χ2v) is 3.65. The molecule has 0 aliphatic heterocycles. The molecule has 2 aromatic heterocycles. The maximum absolute atomic E-state index is 13.2. The number of nitrogens with zero attached hydrogens (tertiary/aromatic N) is 2. The van der Waals surface area contributed by atoms with Crippen molar-refractivity contribution in [2.45, 2.75) is 6.92 Å². The van der Waals surface area contributed by atoms with Crippen molar-refractivity contribution in [3.63, 3.8) is 0 Å². The van der Waals surface area contributed by atoms with E-state index in [0.717, 1.165) is 0 Å². The summed E-state index contributed by atoms with van der Waals surface area (Å²) in [5.41, 5.74) is 0.306. The third-order valence-electron chi connectivity index (χ3n) is 1.69. The molecule has 0 saturated carbocycles. The quantitative estimate of drug-likeness (QED) is 0.737. The Morgan fingerprint density at radius 1 is 1.36 bits per heavy atom. The molecule has 0 aliphatic rings. The van der Waals surface area contributed by atoms with E-state index in [-0.39, 0.29) is 0 Å². The van der Waals surface area contributed by atoms with Gasteiger partial charge in [0.25, 0.3) is 0 Å². The predicted molar refractivity (Wildman–Crippen MR) is 52.1 cm³/mol. The molecule has 0 radical (unpaired) electrons. The highest BCUT2D eigenvalue weighted by Crippen LogP contribution is 2.24. The predicted octanol–water partition coefficient (Wildman–Crippen LogP) is 2.95. The first-order valence-corrected chi connectivity index (χ1v) is 4.70. The Balaban J connectivity index is 2.55. The van der Waals surface area contributed by atoms with Gasteiger partial charge < -0.3 is 4.42 Å². The van der Waals surface area contributed by atoms with Crippen molar-refractivity contribution in [3.8, 4) is 11.3 Å². The number of hydrogen-bond acceptors (Lipinski definition) is 3. The molecule has 14 heavy (non-hydrogen) atoms. The number of halogens is 2. The molecule has 0 aliphatic carbocycles. The highest BCUT2D eigenvalue weighted by atomic mass is 79.9. The largest absolute Gasteiger partial charge is 0.441 e. The molecule has 0 saturated heterocycles. The van der Waals surface area contributed by atoms with E-state index < -0.39 is 5.95 Å². The molecule has 2 aromatic rings. The van der Waals surface area contributed by atoms with Crippen LogP contribution in [0, 0.1) is 12.9 Å². The molecule has 2 rings (SSSR count). The monoisotopic (exact) mass is 256 g/mol. The van der Waals surface area contributed by atoms with Crippen LogP contribution in [-0.4, -0.2) is 9.97 Å². The van der Waals surface area contributed by atoms with E-state index in [1.165, 1.54) is 12.4 Å². The van der Waals surface area contributed by atoms with Gasteiger partial charge in [-0.1, -0.05) is 0 Å². The molecule has 0 bridgehead atoms. The summed E-state index contributed by atoms with van der Waals surface area (Å²) in [5.74, 6) is 0.317. The lowest BCUT2D eigenvalue weighted by Crippen LogP contribution is -1.87. The van der Waals surface area contributed by atoms with E-state index in [1.807, 2.05) is 0 Å². The summed E-state index contributed by atoms with van der Waals surface area (Å²) in [4.78, 5) is 7.45. The van der Waals surface area contributed by atoms with Crippen LogP contribution in [-0.2, 0) is 0 Å².